The fraction of sp³-hybridized carbons (Fsp3) is 0.333. The van der Waals surface area contributed by atoms with Crippen molar-refractivity contribution in [3.63, 3.8) is 0 Å². The molecule has 1 aliphatic heterocycles. The summed E-state index contributed by atoms with van der Waals surface area (Å²) >= 11 is 0. The molecule has 0 aromatic heterocycles. The highest BCUT2D eigenvalue weighted by Gasteiger charge is 2.31. The van der Waals surface area contributed by atoms with Gasteiger partial charge in [-0.15, -0.1) is 0 Å². The van der Waals surface area contributed by atoms with Crippen LogP contribution in [0.5, 0.6) is 0 Å². The zero-order chi connectivity index (χ0) is 9.26. The summed E-state index contributed by atoms with van der Waals surface area (Å²) in [6.07, 6.45) is -0.227. The third kappa shape index (κ3) is 1.57. The molecular weight excluding hydrogens is 164 g/mol. The van der Waals surface area contributed by atoms with E-state index in [0.29, 0.717) is 0 Å². The highest BCUT2D eigenvalue weighted by Crippen LogP contribution is 2.21. The molecule has 0 bridgehead atoms. The molecule has 1 aliphatic rings. The van der Waals surface area contributed by atoms with Gasteiger partial charge in [-0.05, 0) is 5.56 Å². The second-order valence-electron chi connectivity index (χ2n) is 3.28. The van der Waals surface area contributed by atoms with Gasteiger partial charge in [0.05, 0.1) is 12.3 Å². The van der Waals surface area contributed by atoms with Crippen LogP contribution in [0.4, 0.5) is 0 Å². The lowest BCUT2D eigenvalue weighted by Crippen LogP contribution is -2.39. The second kappa shape index (κ2) is 3.43. The van der Waals surface area contributed by atoms with E-state index in [4.69, 9.17) is 11.5 Å². The second-order valence-corrected chi connectivity index (χ2v) is 3.28. The summed E-state index contributed by atoms with van der Waals surface area (Å²) < 4.78 is 0. The maximum Gasteiger partial charge on any atom is 0.0777 e. The third-order valence-electron chi connectivity index (χ3n) is 2.37. The average Bonchev–Trinajstić information content (AvgIpc) is 2.48. The Morgan fingerprint density at radius 1 is 0.923 bits per heavy atom. The summed E-state index contributed by atoms with van der Waals surface area (Å²) in [4.78, 5) is 0. The van der Waals surface area contributed by atoms with E-state index in [2.05, 4.69) is 10.9 Å². The molecule has 6 N–H and O–H groups in total. The summed E-state index contributed by atoms with van der Waals surface area (Å²) in [6.45, 7) is 0. The number of hydrogen-bond donors (Lipinski definition) is 4. The topological polar surface area (TPSA) is 76.1 Å². The zero-order valence-electron chi connectivity index (χ0n) is 7.27. The number of rotatable bonds is 1. The molecule has 2 rings (SSSR count). The first-order chi connectivity index (χ1) is 6.29. The first kappa shape index (κ1) is 8.65. The van der Waals surface area contributed by atoms with Crippen LogP contribution in [0.25, 0.3) is 0 Å². The monoisotopic (exact) mass is 178 g/mol. The molecule has 1 heterocycles. The Kier molecular flexibility index (Phi) is 2.28. The van der Waals surface area contributed by atoms with Crippen LogP contribution in [0.3, 0.4) is 0 Å². The van der Waals surface area contributed by atoms with Crippen LogP contribution in [0.1, 0.15) is 11.5 Å². The SMILES string of the molecule is NC1NNC(N)C1c1ccccc1. The fourth-order valence-electron chi connectivity index (χ4n) is 1.69. The smallest absolute Gasteiger partial charge is 0.0777 e. The van der Waals surface area contributed by atoms with E-state index in [-0.39, 0.29) is 18.2 Å². The van der Waals surface area contributed by atoms with E-state index in [1.165, 1.54) is 5.56 Å². The van der Waals surface area contributed by atoms with Crippen LogP contribution in [0.2, 0.25) is 0 Å². The third-order valence-corrected chi connectivity index (χ3v) is 2.37. The summed E-state index contributed by atoms with van der Waals surface area (Å²) in [5.41, 5.74) is 18.7. The molecule has 1 saturated heterocycles. The molecule has 0 saturated carbocycles. The average molecular weight is 178 g/mol. The van der Waals surface area contributed by atoms with Crippen LogP contribution in [0, 0.1) is 0 Å². The van der Waals surface area contributed by atoms with E-state index >= 15 is 0 Å². The molecule has 4 heteroatoms. The summed E-state index contributed by atoms with van der Waals surface area (Å²) in [5, 5.41) is 0. The lowest BCUT2D eigenvalue weighted by molar-refractivity contribution is 0.543. The van der Waals surface area contributed by atoms with Crippen molar-refractivity contribution in [3.05, 3.63) is 35.9 Å². The van der Waals surface area contributed by atoms with Gasteiger partial charge in [0, 0.05) is 5.92 Å². The molecule has 0 aliphatic carbocycles. The van der Waals surface area contributed by atoms with Crippen molar-refractivity contribution in [1.82, 2.24) is 10.9 Å². The number of benzene rings is 1. The molecule has 4 nitrogen and oxygen atoms in total. The van der Waals surface area contributed by atoms with Crippen molar-refractivity contribution in [2.24, 2.45) is 11.5 Å². The Morgan fingerprint density at radius 2 is 1.46 bits per heavy atom. The molecule has 13 heavy (non-hydrogen) atoms. The molecule has 1 aromatic rings. The minimum absolute atomic E-state index is 0.114. The maximum atomic E-state index is 5.85. The lowest BCUT2D eigenvalue weighted by atomic mass is 9.95. The van der Waals surface area contributed by atoms with Crippen LogP contribution in [-0.2, 0) is 0 Å². The maximum absolute atomic E-state index is 5.85. The normalized spacial score (nSPS) is 33.5. The quantitative estimate of drug-likeness (QED) is 0.465. The van der Waals surface area contributed by atoms with Crippen molar-refractivity contribution in [2.45, 2.75) is 18.2 Å². The standard InChI is InChI=1S/C9H14N4/c10-8-7(9(11)13-12-8)6-4-2-1-3-5-6/h1-5,7-9,12-13H,10-11H2. The van der Waals surface area contributed by atoms with Crippen molar-refractivity contribution >= 4 is 0 Å². The number of hydrazine groups is 1. The van der Waals surface area contributed by atoms with E-state index < -0.39 is 0 Å². The largest absolute Gasteiger partial charge is 0.314 e. The Labute approximate surface area is 77.3 Å². The summed E-state index contributed by atoms with van der Waals surface area (Å²) in [5.74, 6) is 0.140. The van der Waals surface area contributed by atoms with Crippen LogP contribution in [0.15, 0.2) is 30.3 Å². The number of hydrogen-bond acceptors (Lipinski definition) is 4. The van der Waals surface area contributed by atoms with Gasteiger partial charge in [0.2, 0.25) is 0 Å². The molecular formula is C9H14N4. The predicted octanol–water partition coefficient (Wildman–Crippen LogP) is -0.552. The van der Waals surface area contributed by atoms with Crippen LogP contribution >= 0.6 is 0 Å². The van der Waals surface area contributed by atoms with Gasteiger partial charge in [0.1, 0.15) is 0 Å². The lowest BCUT2D eigenvalue weighted by Gasteiger charge is -2.17. The Hall–Kier alpha value is -0.940. The highest BCUT2D eigenvalue weighted by molar-refractivity contribution is 5.23. The van der Waals surface area contributed by atoms with Crippen molar-refractivity contribution in [2.75, 3.05) is 0 Å². The van der Waals surface area contributed by atoms with Gasteiger partial charge in [-0.3, -0.25) is 0 Å². The first-order valence-electron chi connectivity index (χ1n) is 4.36. The highest BCUT2D eigenvalue weighted by atomic mass is 15.5. The van der Waals surface area contributed by atoms with E-state index in [0.717, 1.165) is 0 Å². The minimum atomic E-state index is -0.114. The van der Waals surface area contributed by atoms with Gasteiger partial charge in [0.25, 0.3) is 0 Å². The molecule has 2 atom stereocenters. The Morgan fingerprint density at radius 3 is 2.00 bits per heavy atom. The molecule has 0 amide bonds. The number of nitrogens with two attached hydrogens (primary N) is 2. The summed E-state index contributed by atoms with van der Waals surface area (Å²) in [6, 6.07) is 10.1. The molecule has 0 radical (unpaired) electrons. The van der Waals surface area contributed by atoms with Crippen LogP contribution in [-0.4, -0.2) is 12.3 Å². The molecule has 70 valence electrons. The minimum Gasteiger partial charge on any atom is -0.314 e. The van der Waals surface area contributed by atoms with E-state index in [9.17, 15) is 0 Å². The van der Waals surface area contributed by atoms with Crippen molar-refractivity contribution < 1.29 is 0 Å². The zero-order valence-corrected chi connectivity index (χ0v) is 7.27. The van der Waals surface area contributed by atoms with Crippen molar-refractivity contribution in [3.8, 4) is 0 Å². The Balaban J connectivity index is 2.25. The van der Waals surface area contributed by atoms with Crippen LogP contribution < -0.4 is 22.3 Å². The molecule has 0 spiro atoms. The van der Waals surface area contributed by atoms with E-state index in [1.807, 2.05) is 30.3 Å². The summed E-state index contributed by atoms with van der Waals surface area (Å²) in [7, 11) is 0. The van der Waals surface area contributed by atoms with Crippen molar-refractivity contribution in [1.29, 1.82) is 0 Å². The van der Waals surface area contributed by atoms with Gasteiger partial charge in [-0.1, -0.05) is 30.3 Å². The first-order valence-corrected chi connectivity index (χ1v) is 4.36. The van der Waals surface area contributed by atoms with Gasteiger partial charge >= 0.3 is 0 Å². The van der Waals surface area contributed by atoms with Gasteiger partial charge in [-0.25, -0.2) is 10.9 Å². The molecule has 1 fully saturated rings. The van der Waals surface area contributed by atoms with Gasteiger partial charge in [-0.2, -0.15) is 0 Å². The fourth-order valence-corrected chi connectivity index (χ4v) is 1.69. The number of nitrogens with one attached hydrogen (secondary N) is 2. The van der Waals surface area contributed by atoms with E-state index in [1.54, 1.807) is 0 Å². The molecule has 1 aromatic carbocycles. The van der Waals surface area contributed by atoms with Gasteiger partial charge < -0.3 is 11.5 Å². The Bertz CT molecular complexity index is 264. The van der Waals surface area contributed by atoms with Gasteiger partial charge in [0.15, 0.2) is 0 Å². The molecule has 2 unspecified atom stereocenters. The predicted molar refractivity (Wildman–Crippen MR) is 51.4 cm³/mol.